The van der Waals surface area contributed by atoms with Crippen LogP contribution >= 0.6 is 0 Å². The number of nitrogens with zero attached hydrogens (tertiary/aromatic N) is 1. The Morgan fingerprint density at radius 1 is 0.839 bits per heavy atom. The number of hydrogen-bond donors (Lipinski definition) is 0. The van der Waals surface area contributed by atoms with Gasteiger partial charge in [0.2, 0.25) is 5.91 Å². The van der Waals surface area contributed by atoms with Gasteiger partial charge in [-0.15, -0.1) is 0 Å². The maximum Gasteiger partial charge on any atom is 0.323 e. The van der Waals surface area contributed by atoms with Crippen LogP contribution in [0.15, 0.2) is 0 Å². The number of hydrogen-bond acceptors (Lipinski definition) is 5. The lowest BCUT2D eigenvalue weighted by molar-refractivity contribution is -0.177. The monoisotopic (exact) mass is 437 g/mol. The average molecular weight is 438 g/mol. The van der Waals surface area contributed by atoms with Gasteiger partial charge in [-0.2, -0.15) is 0 Å². The molecule has 0 radical (unpaired) electrons. The number of unbranched alkanes of at least 4 members (excludes halogenated alkanes) is 2. The minimum Gasteiger partial charge on any atom is -0.465 e. The minimum absolute atomic E-state index is 0.142. The van der Waals surface area contributed by atoms with Crippen LogP contribution < -0.4 is 0 Å². The molecule has 31 heavy (non-hydrogen) atoms. The Kier molecular flexibility index (Phi) is 11.4. The van der Waals surface area contributed by atoms with E-state index < -0.39 is 17.4 Å². The highest BCUT2D eigenvalue weighted by Crippen LogP contribution is 2.35. The lowest BCUT2D eigenvalue weighted by atomic mass is 9.78. The number of rotatable bonds is 12. The summed E-state index contributed by atoms with van der Waals surface area (Å²) in [4.78, 5) is 40.3. The van der Waals surface area contributed by atoms with Crippen molar-refractivity contribution in [3.05, 3.63) is 0 Å². The van der Waals surface area contributed by atoms with E-state index in [1.165, 1.54) is 32.1 Å². The fourth-order valence-electron chi connectivity index (χ4n) is 4.70. The van der Waals surface area contributed by atoms with E-state index in [1.807, 2.05) is 18.7 Å². The maximum absolute atomic E-state index is 12.9. The van der Waals surface area contributed by atoms with Crippen molar-refractivity contribution < 1.29 is 23.9 Å². The molecule has 178 valence electrons. The molecule has 0 atom stereocenters. The van der Waals surface area contributed by atoms with Crippen molar-refractivity contribution in [2.24, 2.45) is 11.3 Å². The molecule has 0 unspecified atom stereocenters. The second-order valence-corrected chi connectivity index (χ2v) is 9.34. The third kappa shape index (κ3) is 7.80. The predicted octanol–water partition coefficient (Wildman–Crippen LogP) is 5.03. The summed E-state index contributed by atoms with van der Waals surface area (Å²) in [5.74, 6) is -0.0341. The SMILES string of the molecule is CCCCOC(=O)C1(C(=O)OCCCC)CCN(C(=O)CCCC2CCCCC2)CC1. The standard InChI is InChI=1S/C25H43NO5/c1-3-5-19-30-23(28)25(24(29)31-20-6-4-2)15-17-26(18-16-25)22(27)14-10-13-21-11-8-7-9-12-21/h21H,3-20H2,1-2H3. The second-order valence-electron chi connectivity index (χ2n) is 9.34. The van der Waals surface area contributed by atoms with Crippen molar-refractivity contribution in [1.29, 1.82) is 0 Å². The van der Waals surface area contributed by atoms with Gasteiger partial charge in [-0.05, 0) is 44.4 Å². The number of carbonyl (C=O) groups excluding carboxylic acids is 3. The zero-order chi connectivity index (χ0) is 22.5. The molecule has 1 amide bonds. The van der Waals surface area contributed by atoms with E-state index in [2.05, 4.69) is 0 Å². The molecule has 1 saturated carbocycles. The van der Waals surface area contributed by atoms with Crippen molar-refractivity contribution >= 4 is 17.8 Å². The Bertz CT molecular complexity index is 538. The molecular weight excluding hydrogens is 394 g/mol. The minimum atomic E-state index is -1.26. The van der Waals surface area contributed by atoms with Crippen LogP contribution in [0.3, 0.4) is 0 Å². The number of piperidine rings is 1. The van der Waals surface area contributed by atoms with Crippen LogP contribution in [0.1, 0.15) is 104 Å². The summed E-state index contributed by atoms with van der Waals surface area (Å²) in [6.45, 7) is 5.52. The van der Waals surface area contributed by atoms with E-state index in [0.29, 0.717) is 32.7 Å². The first-order chi connectivity index (χ1) is 15.0. The molecular formula is C25H43NO5. The second kappa shape index (κ2) is 13.7. The van der Waals surface area contributed by atoms with Crippen LogP contribution in [0.4, 0.5) is 0 Å². The van der Waals surface area contributed by atoms with Crippen molar-refractivity contribution in [2.75, 3.05) is 26.3 Å². The molecule has 1 heterocycles. The van der Waals surface area contributed by atoms with E-state index in [1.54, 1.807) is 0 Å². The Morgan fingerprint density at radius 3 is 1.90 bits per heavy atom. The lowest BCUT2D eigenvalue weighted by Gasteiger charge is -2.38. The molecule has 0 aromatic carbocycles. The third-order valence-electron chi connectivity index (χ3n) is 6.94. The van der Waals surface area contributed by atoms with Crippen LogP contribution in [0.25, 0.3) is 0 Å². The molecule has 6 heteroatoms. The van der Waals surface area contributed by atoms with Crippen molar-refractivity contribution in [3.8, 4) is 0 Å². The third-order valence-corrected chi connectivity index (χ3v) is 6.94. The zero-order valence-electron chi connectivity index (χ0n) is 19.8. The van der Waals surface area contributed by atoms with Crippen molar-refractivity contribution in [1.82, 2.24) is 4.90 Å². The first kappa shape index (κ1) is 25.7. The summed E-state index contributed by atoms with van der Waals surface area (Å²) in [6.07, 6.45) is 13.2. The van der Waals surface area contributed by atoms with Gasteiger partial charge in [0.25, 0.3) is 0 Å². The summed E-state index contributed by atoms with van der Waals surface area (Å²) < 4.78 is 10.9. The summed E-state index contributed by atoms with van der Waals surface area (Å²) in [7, 11) is 0. The fraction of sp³-hybridized carbons (Fsp3) is 0.880. The molecule has 1 aliphatic heterocycles. The topological polar surface area (TPSA) is 72.9 Å². The van der Waals surface area contributed by atoms with E-state index in [0.717, 1.165) is 44.4 Å². The van der Waals surface area contributed by atoms with Crippen molar-refractivity contribution in [2.45, 2.75) is 104 Å². The summed E-state index contributed by atoms with van der Waals surface area (Å²) in [5.41, 5.74) is -1.26. The molecule has 2 aliphatic rings. The Morgan fingerprint density at radius 2 is 1.39 bits per heavy atom. The van der Waals surface area contributed by atoms with Crippen LogP contribution in [0.2, 0.25) is 0 Å². The number of amides is 1. The summed E-state index contributed by atoms with van der Waals surface area (Å²) >= 11 is 0. The predicted molar refractivity (Wildman–Crippen MR) is 120 cm³/mol. The largest absolute Gasteiger partial charge is 0.465 e. The van der Waals surface area contributed by atoms with Gasteiger partial charge < -0.3 is 14.4 Å². The molecule has 0 aromatic rings. The Hall–Kier alpha value is -1.59. The van der Waals surface area contributed by atoms with Gasteiger partial charge in [-0.1, -0.05) is 58.8 Å². The van der Waals surface area contributed by atoms with E-state index in [4.69, 9.17) is 9.47 Å². The first-order valence-electron chi connectivity index (χ1n) is 12.7. The zero-order valence-corrected chi connectivity index (χ0v) is 19.8. The maximum atomic E-state index is 12.9. The normalized spacial score (nSPS) is 19.1. The fourth-order valence-corrected chi connectivity index (χ4v) is 4.70. The van der Waals surface area contributed by atoms with Crippen LogP contribution in [-0.4, -0.2) is 49.0 Å². The molecule has 0 N–H and O–H groups in total. The number of esters is 2. The van der Waals surface area contributed by atoms with Gasteiger partial charge in [0, 0.05) is 19.5 Å². The lowest BCUT2D eigenvalue weighted by Crippen LogP contribution is -2.51. The number of ether oxygens (including phenoxy) is 2. The molecule has 2 rings (SSSR count). The molecule has 6 nitrogen and oxygen atoms in total. The average Bonchev–Trinajstić information content (AvgIpc) is 2.80. The highest BCUT2D eigenvalue weighted by atomic mass is 16.6. The van der Waals surface area contributed by atoms with Gasteiger partial charge >= 0.3 is 11.9 Å². The Balaban J connectivity index is 1.87. The van der Waals surface area contributed by atoms with Gasteiger partial charge in [0.15, 0.2) is 5.41 Å². The van der Waals surface area contributed by atoms with Gasteiger partial charge in [-0.25, -0.2) is 0 Å². The summed E-state index contributed by atoms with van der Waals surface area (Å²) in [6, 6.07) is 0. The smallest absolute Gasteiger partial charge is 0.323 e. The number of carbonyl (C=O) groups is 3. The highest BCUT2D eigenvalue weighted by molar-refractivity contribution is 6.00. The molecule has 0 aromatic heterocycles. The molecule has 1 aliphatic carbocycles. The van der Waals surface area contributed by atoms with E-state index >= 15 is 0 Å². The van der Waals surface area contributed by atoms with Gasteiger partial charge in [-0.3, -0.25) is 14.4 Å². The highest BCUT2D eigenvalue weighted by Gasteiger charge is 2.51. The van der Waals surface area contributed by atoms with E-state index in [-0.39, 0.29) is 18.7 Å². The van der Waals surface area contributed by atoms with Crippen LogP contribution in [0, 0.1) is 11.3 Å². The quantitative estimate of drug-likeness (QED) is 0.243. The Labute approximate surface area is 188 Å². The number of likely N-dealkylation sites (tertiary alicyclic amines) is 1. The van der Waals surface area contributed by atoms with Gasteiger partial charge in [0.1, 0.15) is 0 Å². The van der Waals surface area contributed by atoms with Crippen LogP contribution in [0.5, 0.6) is 0 Å². The first-order valence-corrected chi connectivity index (χ1v) is 12.7. The van der Waals surface area contributed by atoms with E-state index in [9.17, 15) is 14.4 Å². The summed E-state index contributed by atoms with van der Waals surface area (Å²) in [5, 5.41) is 0. The molecule has 2 fully saturated rings. The van der Waals surface area contributed by atoms with Gasteiger partial charge in [0.05, 0.1) is 13.2 Å². The molecule has 0 spiro atoms. The van der Waals surface area contributed by atoms with Crippen molar-refractivity contribution in [3.63, 3.8) is 0 Å². The van der Waals surface area contributed by atoms with Crippen LogP contribution in [-0.2, 0) is 23.9 Å². The molecule has 1 saturated heterocycles. The molecule has 0 bridgehead atoms.